The number of pyridine rings is 2. The Hall–Kier alpha value is -2.73. The van der Waals surface area contributed by atoms with Crippen molar-refractivity contribution >= 4 is 40.7 Å². The van der Waals surface area contributed by atoms with Crippen molar-refractivity contribution in [1.29, 1.82) is 0 Å². The predicted molar refractivity (Wildman–Crippen MR) is 120 cm³/mol. The number of amides is 1. The monoisotopic (exact) mass is 428 g/mol. The lowest BCUT2D eigenvalue weighted by Crippen LogP contribution is -2.32. The smallest absolute Gasteiger partial charge is 0.257 e. The molecular weight excluding hydrogens is 403 g/mol. The molecule has 0 spiro atoms. The first-order valence-electron chi connectivity index (χ1n) is 10.1. The molecule has 0 saturated carbocycles. The maximum Gasteiger partial charge on any atom is 0.257 e. The summed E-state index contributed by atoms with van der Waals surface area (Å²) in [5.74, 6) is -0.334. The van der Waals surface area contributed by atoms with Gasteiger partial charge in [-0.25, -0.2) is 14.4 Å². The lowest BCUT2D eigenvalue weighted by Gasteiger charge is -2.22. The maximum absolute atomic E-state index is 14.1. The van der Waals surface area contributed by atoms with E-state index in [-0.39, 0.29) is 24.1 Å². The number of hydrogen-bond donors (Lipinski definition) is 1. The van der Waals surface area contributed by atoms with Crippen molar-refractivity contribution in [3.63, 3.8) is 0 Å². The van der Waals surface area contributed by atoms with E-state index in [1.165, 1.54) is 6.07 Å². The van der Waals surface area contributed by atoms with Crippen LogP contribution in [0.25, 0.3) is 11.0 Å². The third-order valence-electron chi connectivity index (χ3n) is 5.43. The van der Waals surface area contributed by atoms with Gasteiger partial charge in [0.05, 0.1) is 11.3 Å². The van der Waals surface area contributed by atoms with Gasteiger partial charge in [0.15, 0.2) is 5.65 Å². The van der Waals surface area contributed by atoms with Crippen LogP contribution < -0.4 is 5.32 Å². The Bertz CT molecular complexity index is 1060. The van der Waals surface area contributed by atoms with E-state index in [0.717, 1.165) is 49.9 Å². The average molecular weight is 429 g/mol. The Kier molecular flexibility index (Phi) is 6.87. The second-order valence-electron chi connectivity index (χ2n) is 7.67. The van der Waals surface area contributed by atoms with E-state index < -0.39 is 0 Å². The number of likely N-dealkylation sites (tertiary alicyclic amines) is 1. The summed E-state index contributed by atoms with van der Waals surface area (Å²) in [5, 5.41) is 4.02. The summed E-state index contributed by atoms with van der Waals surface area (Å²) >= 11 is 0. The zero-order valence-electron chi connectivity index (χ0n) is 17.2. The maximum atomic E-state index is 14.1. The standard InChI is InChI=1S/C23H25FN4O.ClH/c1-15-7-9-17(13-20(15)24)27-21-18-10-8-16(2)26-22(18)25-14-19(21)23(29)28-11-5-3-4-6-12-28;/h7-10,13-14H,3-6,11-12H2,1-2H3,(H,25,26,27);1H. The van der Waals surface area contributed by atoms with Gasteiger partial charge in [-0.3, -0.25) is 4.79 Å². The minimum absolute atomic E-state index is 0. The van der Waals surface area contributed by atoms with Crippen LogP contribution in [0.15, 0.2) is 36.5 Å². The number of halogens is 2. The fourth-order valence-corrected chi connectivity index (χ4v) is 3.73. The second kappa shape index (κ2) is 9.39. The zero-order valence-corrected chi connectivity index (χ0v) is 18.1. The summed E-state index contributed by atoms with van der Waals surface area (Å²) in [6.45, 7) is 5.13. The summed E-state index contributed by atoms with van der Waals surface area (Å²) in [6.07, 6.45) is 5.92. The number of carbonyl (C=O) groups excluding carboxylic acids is 1. The summed E-state index contributed by atoms with van der Waals surface area (Å²) in [4.78, 5) is 24.2. The number of nitrogens with one attached hydrogen (secondary N) is 1. The highest BCUT2D eigenvalue weighted by Crippen LogP contribution is 2.30. The van der Waals surface area contributed by atoms with E-state index in [1.54, 1.807) is 19.2 Å². The molecule has 3 aromatic rings. The van der Waals surface area contributed by atoms with Crippen LogP contribution in [0.3, 0.4) is 0 Å². The van der Waals surface area contributed by atoms with Gasteiger partial charge in [-0.1, -0.05) is 18.9 Å². The normalized spacial score (nSPS) is 14.2. The van der Waals surface area contributed by atoms with Crippen molar-refractivity contribution in [3.05, 3.63) is 59.2 Å². The Morgan fingerprint density at radius 3 is 2.50 bits per heavy atom. The first-order chi connectivity index (χ1) is 14.0. The Balaban J connectivity index is 0.00000256. The molecule has 1 aromatic carbocycles. The number of aromatic nitrogens is 2. The number of aryl methyl sites for hydroxylation is 2. The fraction of sp³-hybridized carbons (Fsp3) is 0.348. The first-order valence-corrected chi connectivity index (χ1v) is 10.1. The van der Waals surface area contributed by atoms with E-state index in [9.17, 15) is 9.18 Å². The van der Waals surface area contributed by atoms with Crippen LogP contribution in [-0.2, 0) is 0 Å². The lowest BCUT2D eigenvalue weighted by molar-refractivity contribution is 0.0762. The Morgan fingerprint density at radius 2 is 1.80 bits per heavy atom. The van der Waals surface area contributed by atoms with Gasteiger partial charge in [0.2, 0.25) is 0 Å². The molecule has 7 heteroatoms. The second-order valence-corrected chi connectivity index (χ2v) is 7.67. The van der Waals surface area contributed by atoms with Crippen molar-refractivity contribution < 1.29 is 9.18 Å². The van der Waals surface area contributed by atoms with E-state index >= 15 is 0 Å². The molecule has 0 aliphatic carbocycles. The molecule has 0 radical (unpaired) electrons. The molecule has 2 aromatic heterocycles. The van der Waals surface area contributed by atoms with Gasteiger partial charge in [-0.05, 0) is 56.5 Å². The molecule has 3 heterocycles. The average Bonchev–Trinajstić information content (AvgIpc) is 3.00. The number of nitrogens with zero attached hydrogens (tertiary/aromatic N) is 3. The summed E-state index contributed by atoms with van der Waals surface area (Å²) in [6, 6.07) is 8.79. The van der Waals surface area contributed by atoms with Crippen molar-refractivity contribution in [2.45, 2.75) is 39.5 Å². The minimum Gasteiger partial charge on any atom is -0.354 e. The van der Waals surface area contributed by atoms with E-state index in [1.807, 2.05) is 30.0 Å². The molecule has 4 rings (SSSR count). The third-order valence-corrected chi connectivity index (χ3v) is 5.43. The molecular formula is C23H26ClFN4O. The zero-order chi connectivity index (χ0) is 20.4. The van der Waals surface area contributed by atoms with E-state index in [0.29, 0.717) is 28.1 Å². The number of benzene rings is 1. The van der Waals surface area contributed by atoms with Gasteiger partial charge in [0.1, 0.15) is 5.82 Å². The molecule has 5 nitrogen and oxygen atoms in total. The Morgan fingerprint density at radius 1 is 1.07 bits per heavy atom. The lowest BCUT2D eigenvalue weighted by atomic mass is 10.1. The van der Waals surface area contributed by atoms with Crippen LogP contribution in [-0.4, -0.2) is 33.9 Å². The number of rotatable bonds is 3. The SMILES string of the molecule is Cc1ccc2c(Nc3ccc(C)c(F)c3)c(C(=O)N3CCCCCC3)cnc2n1.Cl. The first kappa shape index (κ1) is 22.0. The topological polar surface area (TPSA) is 58.1 Å². The predicted octanol–water partition coefficient (Wildman–Crippen LogP) is 5.57. The Labute approximate surface area is 182 Å². The van der Waals surface area contributed by atoms with Gasteiger partial charge in [0.25, 0.3) is 5.91 Å². The summed E-state index contributed by atoms with van der Waals surface area (Å²) in [7, 11) is 0. The number of hydrogen-bond acceptors (Lipinski definition) is 4. The molecule has 0 bridgehead atoms. The van der Waals surface area contributed by atoms with E-state index in [4.69, 9.17) is 0 Å². The van der Waals surface area contributed by atoms with Crippen molar-refractivity contribution in [3.8, 4) is 0 Å². The van der Waals surface area contributed by atoms with Crippen LogP contribution in [0.2, 0.25) is 0 Å². The highest BCUT2D eigenvalue weighted by atomic mass is 35.5. The summed E-state index contributed by atoms with van der Waals surface area (Å²) < 4.78 is 14.1. The largest absolute Gasteiger partial charge is 0.354 e. The molecule has 158 valence electrons. The van der Waals surface area contributed by atoms with Gasteiger partial charge < -0.3 is 10.2 Å². The van der Waals surface area contributed by atoms with Gasteiger partial charge in [-0.2, -0.15) is 0 Å². The summed E-state index contributed by atoms with van der Waals surface area (Å²) in [5.41, 5.74) is 3.70. The van der Waals surface area contributed by atoms with Crippen LogP contribution >= 0.6 is 12.4 Å². The minimum atomic E-state index is -0.289. The van der Waals surface area contributed by atoms with Crippen molar-refractivity contribution in [2.24, 2.45) is 0 Å². The highest BCUT2D eigenvalue weighted by molar-refractivity contribution is 6.07. The van der Waals surface area contributed by atoms with Crippen LogP contribution in [0.5, 0.6) is 0 Å². The molecule has 1 aliphatic heterocycles. The molecule has 30 heavy (non-hydrogen) atoms. The van der Waals surface area contributed by atoms with Gasteiger partial charge in [0, 0.05) is 36.1 Å². The van der Waals surface area contributed by atoms with Crippen LogP contribution in [0.1, 0.15) is 47.3 Å². The van der Waals surface area contributed by atoms with E-state index in [2.05, 4.69) is 15.3 Å². The van der Waals surface area contributed by atoms with Crippen molar-refractivity contribution in [2.75, 3.05) is 18.4 Å². The molecule has 1 saturated heterocycles. The number of fused-ring (bicyclic) bond motifs is 1. The van der Waals surface area contributed by atoms with Gasteiger partial charge in [-0.15, -0.1) is 12.4 Å². The van der Waals surface area contributed by atoms with Crippen LogP contribution in [0.4, 0.5) is 15.8 Å². The number of carbonyl (C=O) groups is 1. The molecule has 1 aliphatic rings. The van der Waals surface area contributed by atoms with Gasteiger partial charge >= 0.3 is 0 Å². The quantitative estimate of drug-likeness (QED) is 0.592. The molecule has 1 N–H and O–H groups in total. The molecule has 0 unspecified atom stereocenters. The van der Waals surface area contributed by atoms with Crippen LogP contribution in [0, 0.1) is 19.7 Å². The fourth-order valence-electron chi connectivity index (χ4n) is 3.73. The highest BCUT2D eigenvalue weighted by Gasteiger charge is 2.23. The number of anilines is 2. The molecule has 1 amide bonds. The van der Waals surface area contributed by atoms with Crippen molar-refractivity contribution in [1.82, 2.24) is 14.9 Å². The molecule has 1 fully saturated rings. The molecule has 0 atom stereocenters. The third kappa shape index (κ3) is 4.54.